The molecule has 0 unspecified atom stereocenters. The Labute approximate surface area is 108 Å². The minimum atomic E-state index is -1.04. The molecule has 0 spiro atoms. The number of methoxy groups -OCH3 is 1. The molecule has 0 bridgehead atoms. The number of hydrogen-bond donors (Lipinski definition) is 0. The fourth-order valence-corrected chi connectivity index (χ4v) is 1.98. The predicted molar refractivity (Wildman–Crippen MR) is 67.7 cm³/mol. The molecule has 0 fully saturated rings. The van der Waals surface area contributed by atoms with E-state index in [1.807, 2.05) is 0 Å². The SMILES string of the molecule is COC(=O)C(C)(C)n1ncc2c([N+](=O)[O-])cccc21. The summed E-state index contributed by atoms with van der Waals surface area (Å²) < 4.78 is 6.16. The van der Waals surface area contributed by atoms with Crippen LogP contribution < -0.4 is 0 Å². The van der Waals surface area contributed by atoms with Crippen molar-refractivity contribution < 1.29 is 14.5 Å². The van der Waals surface area contributed by atoms with Crippen molar-refractivity contribution in [2.24, 2.45) is 0 Å². The van der Waals surface area contributed by atoms with Crippen molar-refractivity contribution in [1.82, 2.24) is 9.78 Å². The molecule has 7 nitrogen and oxygen atoms in total. The van der Waals surface area contributed by atoms with Crippen molar-refractivity contribution >= 4 is 22.6 Å². The van der Waals surface area contributed by atoms with Crippen LogP contribution >= 0.6 is 0 Å². The van der Waals surface area contributed by atoms with Crippen LogP contribution in [0.25, 0.3) is 10.9 Å². The molecule has 2 aromatic rings. The standard InChI is InChI=1S/C12H13N3O4/c1-12(2,11(16)19-3)14-9-5-4-6-10(15(17)18)8(9)7-13-14/h4-7H,1-3H3. The van der Waals surface area contributed by atoms with E-state index >= 15 is 0 Å². The third-order valence-corrected chi connectivity index (χ3v) is 3.00. The lowest BCUT2D eigenvalue weighted by Gasteiger charge is -2.22. The van der Waals surface area contributed by atoms with E-state index in [0.29, 0.717) is 10.9 Å². The molecule has 19 heavy (non-hydrogen) atoms. The van der Waals surface area contributed by atoms with Gasteiger partial charge in [-0.05, 0) is 19.9 Å². The number of esters is 1. The lowest BCUT2D eigenvalue weighted by Crippen LogP contribution is -2.37. The van der Waals surface area contributed by atoms with Crippen molar-refractivity contribution in [2.45, 2.75) is 19.4 Å². The van der Waals surface area contributed by atoms with Crippen molar-refractivity contribution in [2.75, 3.05) is 7.11 Å². The molecule has 0 aliphatic carbocycles. The summed E-state index contributed by atoms with van der Waals surface area (Å²) in [6.45, 7) is 3.29. The van der Waals surface area contributed by atoms with Crippen LogP contribution in [0.5, 0.6) is 0 Å². The van der Waals surface area contributed by atoms with Crippen LogP contribution in [0.15, 0.2) is 24.4 Å². The molecule has 0 aliphatic rings. The highest BCUT2D eigenvalue weighted by Crippen LogP contribution is 2.29. The molecule has 1 aromatic carbocycles. The van der Waals surface area contributed by atoms with E-state index in [1.165, 1.54) is 24.1 Å². The molecule has 0 N–H and O–H groups in total. The third kappa shape index (κ3) is 1.92. The van der Waals surface area contributed by atoms with Crippen LogP contribution in [0, 0.1) is 10.1 Å². The lowest BCUT2D eigenvalue weighted by molar-refractivity contribution is -0.383. The van der Waals surface area contributed by atoms with Crippen LogP contribution in [0.1, 0.15) is 13.8 Å². The first kappa shape index (κ1) is 13.0. The molecule has 0 saturated heterocycles. The Hall–Kier alpha value is -2.44. The predicted octanol–water partition coefficient (Wildman–Crippen LogP) is 1.85. The molecule has 100 valence electrons. The summed E-state index contributed by atoms with van der Waals surface area (Å²) in [5, 5.41) is 15.4. The average Bonchev–Trinajstić information content (AvgIpc) is 2.81. The van der Waals surface area contributed by atoms with Crippen LogP contribution in [-0.4, -0.2) is 27.8 Å². The van der Waals surface area contributed by atoms with Gasteiger partial charge in [0.2, 0.25) is 0 Å². The van der Waals surface area contributed by atoms with E-state index in [0.717, 1.165) is 0 Å². The molecule has 0 atom stereocenters. The largest absolute Gasteiger partial charge is 0.467 e. The van der Waals surface area contributed by atoms with Gasteiger partial charge in [-0.2, -0.15) is 5.10 Å². The van der Waals surface area contributed by atoms with Crippen molar-refractivity contribution in [3.63, 3.8) is 0 Å². The Balaban J connectivity index is 2.68. The second-order valence-corrected chi connectivity index (χ2v) is 4.57. The van der Waals surface area contributed by atoms with Crippen molar-refractivity contribution in [1.29, 1.82) is 0 Å². The third-order valence-electron chi connectivity index (χ3n) is 3.00. The smallest absolute Gasteiger partial charge is 0.333 e. The van der Waals surface area contributed by atoms with Crippen LogP contribution in [0.3, 0.4) is 0 Å². The molecule has 0 saturated carbocycles. The highest BCUT2D eigenvalue weighted by molar-refractivity contribution is 5.90. The summed E-state index contributed by atoms with van der Waals surface area (Å²) in [4.78, 5) is 22.2. The van der Waals surface area contributed by atoms with Gasteiger partial charge in [-0.25, -0.2) is 9.48 Å². The number of aromatic nitrogens is 2. The Morgan fingerprint density at radius 2 is 2.16 bits per heavy atom. The van der Waals surface area contributed by atoms with Crippen LogP contribution in [0.2, 0.25) is 0 Å². The number of ether oxygens (including phenoxy) is 1. The quantitative estimate of drug-likeness (QED) is 0.479. The monoisotopic (exact) mass is 263 g/mol. The molecule has 0 amide bonds. The number of benzene rings is 1. The Morgan fingerprint density at radius 1 is 1.47 bits per heavy atom. The zero-order valence-electron chi connectivity index (χ0n) is 10.8. The molecule has 2 rings (SSSR count). The Bertz CT molecular complexity index is 660. The normalized spacial score (nSPS) is 11.5. The Kier molecular flexibility index (Phi) is 2.97. The fraction of sp³-hybridized carbons (Fsp3) is 0.333. The van der Waals surface area contributed by atoms with E-state index in [2.05, 4.69) is 5.10 Å². The Morgan fingerprint density at radius 3 is 2.74 bits per heavy atom. The molecule has 1 aromatic heterocycles. The van der Waals surface area contributed by atoms with Gasteiger partial charge in [-0.15, -0.1) is 0 Å². The maximum absolute atomic E-state index is 11.8. The van der Waals surface area contributed by atoms with E-state index in [1.54, 1.807) is 26.0 Å². The summed E-state index contributed by atoms with van der Waals surface area (Å²) in [5.41, 5.74) is -0.555. The summed E-state index contributed by atoms with van der Waals surface area (Å²) in [5.74, 6) is -0.469. The van der Waals surface area contributed by atoms with Gasteiger partial charge in [0.15, 0.2) is 5.54 Å². The average molecular weight is 263 g/mol. The molecular weight excluding hydrogens is 250 g/mol. The summed E-state index contributed by atoms with van der Waals surface area (Å²) in [6, 6.07) is 4.64. The van der Waals surface area contributed by atoms with E-state index in [9.17, 15) is 14.9 Å². The van der Waals surface area contributed by atoms with Gasteiger partial charge in [0.05, 0.1) is 29.1 Å². The minimum absolute atomic E-state index is 0.0376. The summed E-state index contributed by atoms with van der Waals surface area (Å²) >= 11 is 0. The minimum Gasteiger partial charge on any atom is -0.467 e. The highest BCUT2D eigenvalue weighted by Gasteiger charge is 2.33. The van der Waals surface area contributed by atoms with Crippen molar-refractivity contribution in [3.8, 4) is 0 Å². The number of fused-ring (bicyclic) bond motifs is 1. The second kappa shape index (κ2) is 4.34. The van der Waals surface area contributed by atoms with E-state index in [4.69, 9.17) is 4.74 Å². The molecular formula is C12H13N3O4. The van der Waals surface area contributed by atoms with Crippen molar-refractivity contribution in [3.05, 3.63) is 34.5 Å². The molecule has 0 aliphatic heterocycles. The number of rotatable bonds is 3. The van der Waals surface area contributed by atoms with Gasteiger partial charge in [0, 0.05) is 6.07 Å². The second-order valence-electron chi connectivity index (χ2n) is 4.57. The number of hydrogen-bond acceptors (Lipinski definition) is 5. The zero-order valence-corrected chi connectivity index (χ0v) is 10.8. The highest BCUT2D eigenvalue weighted by atomic mass is 16.6. The van der Waals surface area contributed by atoms with Gasteiger partial charge < -0.3 is 4.74 Å². The maximum Gasteiger partial charge on any atom is 0.333 e. The molecule has 7 heteroatoms. The number of carbonyl (C=O) groups excluding carboxylic acids is 1. The van der Waals surface area contributed by atoms with Gasteiger partial charge in [0.25, 0.3) is 5.69 Å². The fourth-order valence-electron chi connectivity index (χ4n) is 1.98. The van der Waals surface area contributed by atoms with Crippen LogP contribution in [-0.2, 0) is 15.1 Å². The lowest BCUT2D eigenvalue weighted by atomic mass is 10.1. The summed E-state index contributed by atoms with van der Waals surface area (Å²) in [7, 11) is 1.29. The van der Waals surface area contributed by atoms with Gasteiger partial charge in [-0.3, -0.25) is 10.1 Å². The number of nitro groups is 1. The van der Waals surface area contributed by atoms with E-state index in [-0.39, 0.29) is 5.69 Å². The number of carbonyl (C=O) groups is 1. The first-order chi connectivity index (χ1) is 8.89. The number of nitro benzene ring substituents is 1. The zero-order chi connectivity index (χ0) is 14.2. The van der Waals surface area contributed by atoms with Gasteiger partial charge >= 0.3 is 5.97 Å². The van der Waals surface area contributed by atoms with Gasteiger partial charge in [-0.1, -0.05) is 6.07 Å². The van der Waals surface area contributed by atoms with Gasteiger partial charge in [0.1, 0.15) is 0 Å². The summed E-state index contributed by atoms with van der Waals surface area (Å²) in [6.07, 6.45) is 1.39. The topological polar surface area (TPSA) is 87.3 Å². The van der Waals surface area contributed by atoms with E-state index < -0.39 is 16.4 Å². The number of nitrogens with zero attached hydrogens (tertiary/aromatic N) is 3. The maximum atomic E-state index is 11.8. The molecule has 1 heterocycles. The first-order valence-electron chi connectivity index (χ1n) is 5.59. The molecule has 0 radical (unpaired) electrons. The van der Waals surface area contributed by atoms with Crippen LogP contribution in [0.4, 0.5) is 5.69 Å². The first-order valence-corrected chi connectivity index (χ1v) is 5.59. The number of non-ortho nitro benzene ring substituents is 1.